The molecular formula is C17H17NO4. The summed E-state index contributed by atoms with van der Waals surface area (Å²) in [5.41, 5.74) is 0.909. The quantitative estimate of drug-likeness (QED) is 0.356. The van der Waals surface area contributed by atoms with Crippen LogP contribution in [-0.4, -0.2) is 18.8 Å². The highest BCUT2D eigenvalue weighted by Crippen LogP contribution is 2.20. The normalized spacial score (nSPS) is 10.9. The van der Waals surface area contributed by atoms with E-state index in [0.29, 0.717) is 12.4 Å². The van der Waals surface area contributed by atoms with Crippen LogP contribution in [-0.2, 0) is 16.2 Å². The summed E-state index contributed by atoms with van der Waals surface area (Å²) in [7, 11) is 1.37. The van der Waals surface area contributed by atoms with Crippen molar-refractivity contribution in [1.29, 1.82) is 0 Å². The van der Waals surface area contributed by atoms with E-state index in [1.165, 1.54) is 14.0 Å². The third-order valence-electron chi connectivity index (χ3n) is 2.84. The Labute approximate surface area is 129 Å². The van der Waals surface area contributed by atoms with E-state index in [4.69, 9.17) is 9.47 Å². The van der Waals surface area contributed by atoms with Crippen LogP contribution >= 0.6 is 0 Å². The number of hydrogen-bond acceptors (Lipinski definition) is 5. The van der Waals surface area contributed by atoms with E-state index in [0.717, 1.165) is 11.3 Å². The smallest absolute Gasteiger partial charge is 0.361 e. The van der Waals surface area contributed by atoms with Crippen molar-refractivity contribution in [3.63, 3.8) is 0 Å². The zero-order chi connectivity index (χ0) is 15.8. The van der Waals surface area contributed by atoms with Crippen molar-refractivity contribution < 1.29 is 19.1 Å². The van der Waals surface area contributed by atoms with Crippen molar-refractivity contribution in [1.82, 2.24) is 0 Å². The molecule has 0 heterocycles. The molecule has 0 saturated heterocycles. The first-order valence-electron chi connectivity index (χ1n) is 6.76. The second-order valence-electron chi connectivity index (χ2n) is 4.46. The van der Waals surface area contributed by atoms with Crippen LogP contribution in [0, 0.1) is 0 Å². The third kappa shape index (κ3) is 4.34. The molecule has 2 rings (SSSR count). The molecule has 0 saturated carbocycles. The lowest BCUT2D eigenvalue weighted by molar-refractivity contribution is -0.127. The third-order valence-corrected chi connectivity index (χ3v) is 2.84. The lowest BCUT2D eigenvalue weighted by atomic mass is 10.2. The Bertz CT molecular complexity index is 653. The topological polar surface area (TPSA) is 57.1 Å². The first kappa shape index (κ1) is 15.6. The minimum absolute atomic E-state index is 0.140. The molecule has 5 nitrogen and oxygen atoms in total. The lowest BCUT2D eigenvalue weighted by Gasteiger charge is -2.11. The Morgan fingerprint density at radius 1 is 1.05 bits per heavy atom. The zero-order valence-electron chi connectivity index (χ0n) is 12.5. The van der Waals surface area contributed by atoms with E-state index >= 15 is 0 Å². The summed E-state index contributed by atoms with van der Waals surface area (Å²) in [6.45, 7) is 1.82. The van der Waals surface area contributed by atoms with Crippen molar-refractivity contribution in [2.45, 2.75) is 13.5 Å². The van der Waals surface area contributed by atoms with Gasteiger partial charge in [0.15, 0.2) is 5.71 Å². The summed E-state index contributed by atoms with van der Waals surface area (Å²) in [4.78, 5) is 16.4. The molecule has 0 atom stereocenters. The van der Waals surface area contributed by atoms with E-state index in [-0.39, 0.29) is 5.71 Å². The molecular weight excluding hydrogens is 282 g/mol. The van der Waals surface area contributed by atoms with Crippen molar-refractivity contribution in [2.75, 3.05) is 7.11 Å². The summed E-state index contributed by atoms with van der Waals surface area (Å²) in [6, 6.07) is 16.6. The van der Waals surface area contributed by atoms with Gasteiger partial charge >= 0.3 is 5.97 Å². The average molecular weight is 299 g/mol. The van der Waals surface area contributed by atoms with E-state index in [1.54, 1.807) is 12.1 Å². The molecule has 0 N–H and O–H groups in total. The van der Waals surface area contributed by atoms with E-state index in [1.807, 2.05) is 42.5 Å². The Hall–Kier alpha value is -2.82. The summed E-state index contributed by atoms with van der Waals surface area (Å²) >= 11 is 0. The predicted octanol–water partition coefficient (Wildman–Crippen LogP) is 3.19. The number of oxime groups is 1. The fourth-order valence-electron chi connectivity index (χ4n) is 1.75. The molecule has 0 aliphatic rings. The fourth-order valence-corrected chi connectivity index (χ4v) is 1.75. The summed E-state index contributed by atoms with van der Waals surface area (Å²) in [5.74, 6) is 0.629. The number of benzene rings is 2. The van der Waals surface area contributed by atoms with Gasteiger partial charge in [-0.1, -0.05) is 41.6 Å². The SMILES string of the molecule is CON=C(C)C(=O)Oc1ccccc1COc1ccccc1. The molecule has 22 heavy (non-hydrogen) atoms. The van der Waals surface area contributed by atoms with Crippen LogP contribution < -0.4 is 9.47 Å². The molecule has 2 aromatic carbocycles. The number of ether oxygens (including phenoxy) is 2. The number of nitrogens with zero attached hydrogens (tertiary/aromatic N) is 1. The Morgan fingerprint density at radius 2 is 1.73 bits per heavy atom. The molecule has 0 aromatic heterocycles. The second-order valence-corrected chi connectivity index (χ2v) is 4.46. The number of rotatable bonds is 6. The monoisotopic (exact) mass is 299 g/mol. The predicted molar refractivity (Wildman–Crippen MR) is 83.0 cm³/mol. The Balaban J connectivity index is 2.07. The minimum Gasteiger partial charge on any atom is -0.489 e. The molecule has 114 valence electrons. The summed E-state index contributed by atoms with van der Waals surface area (Å²) in [5, 5.41) is 3.55. The van der Waals surface area contributed by atoms with E-state index < -0.39 is 5.97 Å². The first-order chi connectivity index (χ1) is 10.7. The second kappa shape index (κ2) is 7.83. The van der Waals surface area contributed by atoms with Gasteiger partial charge in [0.25, 0.3) is 0 Å². The maximum absolute atomic E-state index is 11.9. The van der Waals surface area contributed by atoms with Crippen LogP contribution in [0.25, 0.3) is 0 Å². The van der Waals surface area contributed by atoms with E-state index in [2.05, 4.69) is 9.99 Å². The molecule has 0 bridgehead atoms. The zero-order valence-corrected chi connectivity index (χ0v) is 12.5. The van der Waals surface area contributed by atoms with Crippen LogP contribution in [0.5, 0.6) is 11.5 Å². The molecule has 0 radical (unpaired) electrons. The van der Waals surface area contributed by atoms with Crippen molar-refractivity contribution in [2.24, 2.45) is 5.16 Å². The standard InChI is InChI=1S/C17H17NO4/c1-13(18-20-2)17(19)22-16-11-7-6-8-14(16)12-21-15-9-4-3-5-10-15/h3-11H,12H2,1-2H3. The van der Waals surface area contributed by atoms with Crippen LogP contribution in [0.2, 0.25) is 0 Å². The lowest BCUT2D eigenvalue weighted by Crippen LogP contribution is -2.18. The van der Waals surface area contributed by atoms with Crippen LogP contribution in [0.1, 0.15) is 12.5 Å². The maximum Gasteiger partial charge on any atom is 0.361 e. The van der Waals surface area contributed by atoms with Gasteiger partial charge in [-0.3, -0.25) is 0 Å². The van der Waals surface area contributed by atoms with Gasteiger partial charge < -0.3 is 14.3 Å². The minimum atomic E-state index is -0.561. The van der Waals surface area contributed by atoms with Crippen molar-refractivity contribution in [3.05, 3.63) is 60.2 Å². The van der Waals surface area contributed by atoms with Crippen LogP contribution in [0.15, 0.2) is 59.8 Å². The van der Waals surface area contributed by atoms with Crippen molar-refractivity contribution >= 4 is 11.7 Å². The number of para-hydroxylation sites is 2. The first-order valence-corrected chi connectivity index (χ1v) is 6.76. The van der Waals surface area contributed by atoms with Crippen molar-refractivity contribution in [3.8, 4) is 11.5 Å². The highest BCUT2D eigenvalue weighted by atomic mass is 16.6. The maximum atomic E-state index is 11.9. The Kier molecular flexibility index (Phi) is 5.54. The summed E-state index contributed by atoms with van der Waals surface area (Å²) in [6.07, 6.45) is 0. The number of carbonyl (C=O) groups is 1. The fraction of sp³-hybridized carbons (Fsp3) is 0.176. The van der Waals surface area contributed by atoms with Gasteiger partial charge in [0.2, 0.25) is 0 Å². The molecule has 0 aliphatic heterocycles. The molecule has 0 aliphatic carbocycles. The highest BCUT2D eigenvalue weighted by molar-refractivity contribution is 6.35. The van der Waals surface area contributed by atoms with Crippen LogP contribution in [0.3, 0.4) is 0 Å². The van der Waals surface area contributed by atoms with Gasteiger partial charge in [-0.15, -0.1) is 0 Å². The van der Waals surface area contributed by atoms with Gasteiger partial charge in [-0.25, -0.2) is 4.79 Å². The van der Waals surface area contributed by atoms with Gasteiger partial charge in [0, 0.05) is 5.56 Å². The summed E-state index contributed by atoms with van der Waals surface area (Å²) < 4.78 is 11.0. The molecule has 0 unspecified atom stereocenters. The van der Waals surface area contributed by atoms with E-state index in [9.17, 15) is 4.79 Å². The average Bonchev–Trinajstić information content (AvgIpc) is 2.55. The largest absolute Gasteiger partial charge is 0.489 e. The van der Waals surface area contributed by atoms with Gasteiger partial charge in [-0.2, -0.15) is 0 Å². The highest BCUT2D eigenvalue weighted by Gasteiger charge is 2.13. The van der Waals surface area contributed by atoms with Gasteiger partial charge in [0.05, 0.1) is 0 Å². The molecule has 0 spiro atoms. The molecule has 0 fully saturated rings. The molecule has 0 amide bonds. The Morgan fingerprint density at radius 3 is 2.45 bits per heavy atom. The molecule has 5 heteroatoms. The van der Waals surface area contributed by atoms with Gasteiger partial charge in [0.1, 0.15) is 25.2 Å². The number of esters is 1. The number of hydrogen-bond donors (Lipinski definition) is 0. The van der Waals surface area contributed by atoms with Crippen LogP contribution in [0.4, 0.5) is 0 Å². The molecule has 2 aromatic rings. The van der Waals surface area contributed by atoms with Gasteiger partial charge in [-0.05, 0) is 25.1 Å². The number of carbonyl (C=O) groups excluding carboxylic acids is 1.